The Hall–Kier alpha value is -3.90. The molecule has 0 aliphatic rings. The number of hydrogen-bond donors (Lipinski definition) is 1. The lowest BCUT2D eigenvalue weighted by atomic mass is 9.98. The van der Waals surface area contributed by atoms with Gasteiger partial charge in [0.25, 0.3) is 10.0 Å². The zero-order valence-corrected chi connectivity index (χ0v) is 20.6. The lowest BCUT2D eigenvalue weighted by Gasteiger charge is -2.26. The van der Waals surface area contributed by atoms with Gasteiger partial charge in [0.2, 0.25) is 5.91 Å². The molecule has 4 rings (SSSR count). The molecule has 0 heterocycles. The van der Waals surface area contributed by atoms with Gasteiger partial charge in [0, 0.05) is 0 Å². The molecule has 0 unspecified atom stereocenters. The Morgan fingerprint density at radius 1 is 0.714 bits per heavy atom. The molecule has 4 aromatic carbocycles. The Morgan fingerprint density at radius 3 is 1.77 bits per heavy atom. The third kappa shape index (κ3) is 5.78. The number of rotatable bonds is 8. The highest BCUT2D eigenvalue weighted by Gasteiger charge is 2.28. The van der Waals surface area contributed by atoms with Crippen molar-refractivity contribution >= 4 is 21.6 Å². The van der Waals surface area contributed by atoms with E-state index in [4.69, 9.17) is 0 Å². The van der Waals surface area contributed by atoms with Crippen LogP contribution in [0.25, 0.3) is 0 Å². The van der Waals surface area contributed by atoms with Gasteiger partial charge in [0.05, 0.1) is 16.6 Å². The summed E-state index contributed by atoms with van der Waals surface area (Å²) in [5, 5.41) is 3.06. The van der Waals surface area contributed by atoms with Gasteiger partial charge in [-0.05, 0) is 49.2 Å². The molecule has 35 heavy (non-hydrogen) atoms. The van der Waals surface area contributed by atoms with Crippen molar-refractivity contribution < 1.29 is 13.2 Å². The molecular formula is C29H28N2O3S. The third-order valence-electron chi connectivity index (χ3n) is 5.79. The normalized spacial score (nSPS) is 12.1. The molecule has 5 nitrogen and oxygen atoms in total. The quantitative estimate of drug-likeness (QED) is 0.364. The summed E-state index contributed by atoms with van der Waals surface area (Å²) >= 11 is 0. The Morgan fingerprint density at radius 2 is 1.20 bits per heavy atom. The van der Waals surface area contributed by atoms with E-state index >= 15 is 0 Å². The minimum Gasteiger partial charge on any atom is -0.344 e. The van der Waals surface area contributed by atoms with Gasteiger partial charge in [-0.25, -0.2) is 8.42 Å². The number of sulfonamides is 1. The molecule has 4 aromatic rings. The summed E-state index contributed by atoms with van der Waals surface area (Å²) in [5.41, 5.74) is 4.33. The topological polar surface area (TPSA) is 66.5 Å². The number of hydrogen-bond acceptors (Lipinski definition) is 3. The van der Waals surface area contributed by atoms with Gasteiger partial charge in [0.15, 0.2) is 0 Å². The smallest absolute Gasteiger partial charge is 0.264 e. The van der Waals surface area contributed by atoms with Crippen LogP contribution in [0, 0.1) is 13.8 Å². The Bertz CT molecular complexity index is 1370. The standard InChI is InChI=1S/C29H28N2O3S/c1-22-13-17-25(18-14-22)29(24-9-5-3-6-10-24)30-28(32)21-31(26-11-7-4-8-12-26)35(33,34)27-19-15-23(2)16-20-27/h3-20,29H,21H2,1-2H3,(H,30,32)/t29-/m0/s1. The number of nitrogens with zero attached hydrogens (tertiary/aromatic N) is 1. The first-order valence-electron chi connectivity index (χ1n) is 11.4. The van der Waals surface area contributed by atoms with Gasteiger partial charge in [-0.1, -0.05) is 96.1 Å². The molecule has 6 heteroatoms. The number of aryl methyl sites for hydroxylation is 2. The average molecular weight is 485 g/mol. The molecule has 0 radical (unpaired) electrons. The van der Waals surface area contributed by atoms with E-state index in [0.717, 1.165) is 26.6 Å². The molecule has 0 saturated carbocycles. The molecule has 0 aliphatic carbocycles. The summed E-state index contributed by atoms with van der Waals surface area (Å²) in [5.74, 6) is -0.404. The van der Waals surface area contributed by atoms with Gasteiger partial charge >= 0.3 is 0 Å². The maximum absolute atomic E-state index is 13.6. The number of anilines is 1. The SMILES string of the molecule is Cc1ccc([C@@H](NC(=O)CN(c2ccccc2)S(=O)(=O)c2ccc(C)cc2)c2ccccc2)cc1. The van der Waals surface area contributed by atoms with Gasteiger partial charge in [0.1, 0.15) is 6.54 Å². The van der Waals surface area contributed by atoms with Crippen molar-refractivity contribution in [1.29, 1.82) is 0 Å². The fraction of sp³-hybridized carbons (Fsp3) is 0.138. The molecule has 0 spiro atoms. The largest absolute Gasteiger partial charge is 0.344 e. The van der Waals surface area contributed by atoms with E-state index in [9.17, 15) is 13.2 Å². The summed E-state index contributed by atoms with van der Waals surface area (Å²) < 4.78 is 28.3. The van der Waals surface area contributed by atoms with Crippen molar-refractivity contribution in [3.63, 3.8) is 0 Å². The van der Waals surface area contributed by atoms with E-state index in [2.05, 4.69) is 5.32 Å². The van der Waals surface area contributed by atoms with Crippen molar-refractivity contribution in [1.82, 2.24) is 5.32 Å². The highest BCUT2D eigenvalue weighted by Crippen LogP contribution is 2.25. The van der Waals surface area contributed by atoms with Crippen molar-refractivity contribution in [2.24, 2.45) is 0 Å². The number of benzene rings is 4. The Kier molecular flexibility index (Phi) is 7.32. The second kappa shape index (κ2) is 10.6. The average Bonchev–Trinajstić information content (AvgIpc) is 2.88. The Balaban J connectivity index is 1.66. The predicted octanol–water partition coefficient (Wildman–Crippen LogP) is 5.40. The van der Waals surface area contributed by atoms with E-state index in [0.29, 0.717) is 5.69 Å². The number of carbonyl (C=O) groups is 1. The van der Waals surface area contributed by atoms with Crippen molar-refractivity contribution in [3.05, 3.63) is 131 Å². The summed E-state index contributed by atoms with van der Waals surface area (Å²) in [7, 11) is -3.96. The van der Waals surface area contributed by atoms with Gasteiger partial charge < -0.3 is 5.32 Å². The van der Waals surface area contributed by atoms with E-state index in [1.165, 1.54) is 0 Å². The Labute approximate surface area is 207 Å². The lowest BCUT2D eigenvalue weighted by molar-refractivity contribution is -0.120. The number of amides is 1. The summed E-state index contributed by atoms with van der Waals surface area (Å²) in [6.07, 6.45) is 0. The maximum Gasteiger partial charge on any atom is 0.264 e. The fourth-order valence-corrected chi connectivity index (χ4v) is 5.27. The zero-order valence-electron chi connectivity index (χ0n) is 19.8. The minimum atomic E-state index is -3.96. The molecular weight excluding hydrogens is 456 g/mol. The molecule has 1 amide bonds. The van der Waals surface area contributed by atoms with Crippen molar-refractivity contribution in [2.75, 3.05) is 10.8 Å². The van der Waals surface area contributed by atoms with E-state index in [-0.39, 0.29) is 11.4 Å². The highest BCUT2D eigenvalue weighted by atomic mass is 32.2. The first kappa shape index (κ1) is 24.2. The van der Waals surface area contributed by atoms with Crippen LogP contribution in [-0.4, -0.2) is 20.9 Å². The molecule has 0 saturated heterocycles. The van der Waals surface area contributed by atoms with Crippen LogP contribution >= 0.6 is 0 Å². The summed E-state index contributed by atoms with van der Waals surface area (Å²) in [4.78, 5) is 13.5. The highest BCUT2D eigenvalue weighted by molar-refractivity contribution is 7.92. The van der Waals surface area contributed by atoms with Crippen LogP contribution in [0.1, 0.15) is 28.3 Å². The van der Waals surface area contributed by atoms with Crippen LogP contribution in [0.15, 0.2) is 114 Å². The molecule has 0 aliphatic heterocycles. The first-order valence-corrected chi connectivity index (χ1v) is 12.8. The second-order valence-electron chi connectivity index (χ2n) is 8.48. The molecule has 178 valence electrons. The maximum atomic E-state index is 13.6. The number of nitrogens with one attached hydrogen (secondary N) is 1. The van der Waals surface area contributed by atoms with Crippen LogP contribution in [0.4, 0.5) is 5.69 Å². The van der Waals surface area contributed by atoms with Crippen LogP contribution < -0.4 is 9.62 Å². The predicted molar refractivity (Wildman–Crippen MR) is 140 cm³/mol. The van der Waals surface area contributed by atoms with Crippen molar-refractivity contribution in [2.45, 2.75) is 24.8 Å². The van der Waals surface area contributed by atoms with E-state index in [1.807, 2.05) is 74.5 Å². The number of carbonyl (C=O) groups excluding carboxylic acids is 1. The monoisotopic (exact) mass is 484 g/mol. The summed E-state index contributed by atoms with van der Waals surface area (Å²) in [6, 6.07) is 32.5. The van der Waals surface area contributed by atoms with Crippen LogP contribution in [0.2, 0.25) is 0 Å². The van der Waals surface area contributed by atoms with Gasteiger partial charge in [-0.15, -0.1) is 0 Å². The van der Waals surface area contributed by atoms with E-state index < -0.39 is 22.0 Å². The molecule has 0 fully saturated rings. The third-order valence-corrected chi connectivity index (χ3v) is 7.58. The number of para-hydroxylation sites is 1. The van der Waals surface area contributed by atoms with Crippen LogP contribution in [0.3, 0.4) is 0 Å². The first-order chi connectivity index (χ1) is 16.8. The molecule has 0 bridgehead atoms. The molecule has 1 N–H and O–H groups in total. The van der Waals surface area contributed by atoms with Crippen LogP contribution in [0.5, 0.6) is 0 Å². The molecule has 0 aromatic heterocycles. The van der Waals surface area contributed by atoms with Gasteiger partial charge in [-0.2, -0.15) is 0 Å². The van der Waals surface area contributed by atoms with Gasteiger partial charge in [-0.3, -0.25) is 9.10 Å². The second-order valence-corrected chi connectivity index (χ2v) is 10.3. The molecule has 1 atom stereocenters. The van der Waals surface area contributed by atoms with E-state index in [1.54, 1.807) is 48.5 Å². The zero-order chi connectivity index (χ0) is 24.8. The fourth-order valence-electron chi connectivity index (χ4n) is 3.85. The summed E-state index contributed by atoms with van der Waals surface area (Å²) in [6.45, 7) is 3.55. The minimum absolute atomic E-state index is 0.137. The van der Waals surface area contributed by atoms with Crippen molar-refractivity contribution in [3.8, 4) is 0 Å². The lowest BCUT2D eigenvalue weighted by Crippen LogP contribution is -2.42. The van der Waals surface area contributed by atoms with Crippen LogP contribution in [-0.2, 0) is 14.8 Å².